The molecule has 5 nitrogen and oxygen atoms in total. The first-order valence-electron chi connectivity index (χ1n) is 3.55. The molecule has 0 spiro atoms. The Balaban J connectivity index is 2.52. The van der Waals surface area contributed by atoms with E-state index in [2.05, 4.69) is 5.32 Å². The Hall–Kier alpha value is -0.200. The fourth-order valence-corrected chi connectivity index (χ4v) is 1.15. The largest absolute Gasteiger partial charge is 0.395 e. The van der Waals surface area contributed by atoms with Crippen molar-refractivity contribution in [2.75, 3.05) is 13.2 Å². The van der Waals surface area contributed by atoms with E-state index < -0.39 is 24.4 Å². The summed E-state index contributed by atoms with van der Waals surface area (Å²) in [5, 5.41) is 38.6. The van der Waals surface area contributed by atoms with E-state index >= 15 is 0 Å². The molecule has 0 amide bonds. The third-order valence-corrected chi connectivity index (χ3v) is 1.94. The summed E-state index contributed by atoms with van der Waals surface area (Å²) in [6.45, 7) is -0.0472. The molecule has 0 aromatic rings. The zero-order valence-electron chi connectivity index (χ0n) is 6.01. The zero-order valence-corrected chi connectivity index (χ0v) is 6.01. The lowest BCUT2D eigenvalue weighted by molar-refractivity contribution is -0.101. The highest BCUT2D eigenvalue weighted by Gasteiger charge is 2.35. The topological polar surface area (TPSA) is 93.0 Å². The first-order valence-corrected chi connectivity index (χ1v) is 3.55. The first-order chi connectivity index (χ1) is 5.16. The van der Waals surface area contributed by atoms with Crippen molar-refractivity contribution in [3.63, 3.8) is 0 Å². The summed E-state index contributed by atoms with van der Waals surface area (Å²) in [5.74, 6) is 0. The standard InChI is InChI=1S/C6H13NO4/c8-2-3-5(10)6(11)4(9)1-7-3/h3-11H,1-2H2/t3-,4-,5-,6+/m1/s1. The highest BCUT2D eigenvalue weighted by molar-refractivity contribution is 4.91. The molecule has 0 unspecified atom stereocenters. The molecule has 0 saturated carbocycles. The number of hydrogen-bond donors (Lipinski definition) is 5. The summed E-state index contributed by atoms with van der Waals surface area (Å²) in [7, 11) is 0. The maximum Gasteiger partial charge on any atom is 0.109 e. The van der Waals surface area contributed by atoms with E-state index in [1.54, 1.807) is 0 Å². The van der Waals surface area contributed by atoms with Crippen LogP contribution in [0.25, 0.3) is 0 Å². The smallest absolute Gasteiger partial charge is 0.109 e. The van der Waals surface area contributed by atoms with Gasteiger partial charge in [0.2, 0.25) is 0 Å². The van der Waals surface area contributed by atoms with Crippen LogP contribution in [0.3, 0.4) is 0 Å². The Morgan fingerprint density at radius 1 is 1.18 bits per heavy atom. The van der Waals surface area contributed by atoms with Crippen molar-refractivity contribution < 1.29 is 20.4 Å². The van der Waals surface area contributed by atoms with E-state index in [9.17, 15) is 5.11 Å². The molecule has 1 aliphatic rings. The van der Waals surface area contributed by atoms with Crippen molar-refractivity contribution in [3.8, 4) is 0 Å². The van der Waals surface area contributed by atoms with Gasteiger partial charge in [0.05, 0.1) is 24.9 Å². The van der Waals surface area contributed by atoms with Crippen LogP contribution in [0.15, 0.2) is 0 Å². The predicted molar refractivity (Wildman–Crippen MR) is 36.9 cm³/mol. The number of nitrogens with one attached hydrogen (secondary N) is 1. The molecule has 66 valence electrons. The number of aliphatic hydroxyl groups excluding tert-OH is 4. The summed E-state index contributed by atoms with van der Waals surface area (Å²) < 4.78 is 0. The van der Waals surface area contributed by atoms with E-state index in [0.717, 1.165) is 0 Å². The van der Waals surface area contributed by atoms with E-state index in [-0.39, 0.29) is 13.2 Å². The average molecular weight is 163 g/mol. The fraction of sp³-hybridized carbons (Fsp3) is 1.00. The van der Waals surface area contributed by atoms with Gasteiger partial charge < -0.3 is 25.7 Å². The summed E-state index contributed by atoms with van der Waals surface area (Å²) >= 11 is 0. The van der Waals surface area contributed by atoms with Crippen molar-refractivity contribution in [3.05, 3.63) is 0 Å². The predicted octanol–water partition coefficient (Wildman–Crippen LogP) is -2.97. The second kappa shape index (κ2) is 3.46. The minimum atomic E-state index is -1.16. The van der Waals surface area contributed by atoms with Gasteiger partial charge in [-0.1, -0.05) is 0 Å². The van der Waals surface area contributed by atoms with Crippen LogP contribution in [0.4, 0.5) is 0 Å². The van der Waals surface area contributed by atoms with E-state index in [4.69, 9.17) is 15.3 Å². The minimum absolute atomic E-state index is 0.198. The van der Waals surface area contributed by atoms with Crippen LogP contribution in [0.2, 0.25) is 0 Å². The summed E-state index contributed by atoms with van der Waals surface area (Å²) in [6, 6.07) is -0.534. The molecule has 0 bridgehead atoms. The van der Waals surface area contributed by atoms with Gasteiger partial charge >= 0.3 is 0 Å². The Kier molecular flexibility index (Phi) is 2.80. The maximum atomic E-state index is 9.18. The molecule has 0 radical (unpaired) electrons. The van der Waals surface area contributed by atoms with Gasteiger partial charge in [0.1, 0.15) is 6.10 Å². The molecule has 0 aromatic heterocycles. The van der Waals surface area contributed by atoms with Gasteiger partial charge in [0.15, 0.2) is 0 Å². The van der Waals surface area contributed by atoms with Gasteiger partial charge in [-0.05, 0) is 0 Å². The quantitative estimate of drug-likeness (QED) is 0.285. The second-order valence-corrected chi connectivity index (χ2v) is 2.75. The molecular formula is C6H13NO4. The molecule has 1 aliphatic heterocycles. The van der Waals surface area contributed by atoms with Crippen LogP contribution >= 0.6 is 0 Å². The Morgan fingerprint density at radius 2 is 1.82 bits per heavy atom. The summed E-state index contributed by atoms with van der Waals surface area (Å²) in [5.41, 5.74) is 0. The first kappa shape index (κ1) is 8.89. The second-order valence-electron chi connectivity index (χ2n) is 2.75. The molecule has 1 saturated heterocycles. The number of β-amino-alcohol motifs (C(OH)–C–C–N with tert-alkyl or cyclic N) is 1. The molecule has 1 heterocycles. The van der Waals surface area contributed by atoms with Crippen LogP contribution in [0.1, 0.15) is 0 Å². The average Bonchev–Trinajstić information content (AvgIpc) is 2.01. The van der Waals surface area contributed by atoms with Gasteiger partial charge in [-0.3, -0.25) is 0 Å². The number of aliphatic hydroxyl groups is 4. The van der Waals surface area contributed by atoms with Crippen molar-refractivity contribution in [1.82, 2.24) is 5.32 Å². The molecule has 1 fully saturated rings. The molecule has 0 aromatic carbocycles. The van der Waals surface area contributed by atoms with Crippen molar-refractivity contribution in [2.24, 2.45) is 0 Å². The molecule has 0 aliphatic carbocycles. The van der Waals surface area contributed by atoms with Crippen LogP contribution < -0.4 is 5.32 Å². The van der Waals surface area contributed by atoms with Gasteiger partial charge in [-0.2, -0.15) is 0 Å². The van der Waals surface area contributed by atoms with Crippen molar-refractivity contribution >= 4 is 0 Å². The van der Waals surface area contributed by atoms with Crippen molar-refractivity contribution in [1.29, 1.82) is 0 Å². The highest BCUT2D eigenvalue weighted by atomic mass is 16.4. The molecule has 4 atom stereocenters. The van der Waals surface area contributed by atoms with E-state index in [0.29, 0.717) is 0 Å². The number of piperidine rings is 1. The third kappa shape index (κ3) is 1.69. The van der Waals surface area contributed by atoms with Gasteiger partial charge in [0.25, 0.3) is 0 Å². The lowest BCUT2D eigenvalue weighted by Crippen LogP contribution is -2.60. The van der Waals surface area contributed by atoms with E-state index in [1.807, 2.05) is 0 Å². The van der Waals surface area contributed by atoms with Crippen molar-refractivity contribution in [2.45, 2.75) is 24.4 Å². The normalized spacial score (nSPS) is 45.8. The Labute approximate surface area is 64.3 Å². The van der Waals surface area contributed by atoms with E-state index in [1.165, 1.54) is 0 Å². The highest BCUT2D eigenvalue weighted by Crippen LogP contribution is 2.09. The molecule has 1 rings (SSSR count). The lowest BCUT2D eigenvalue weighted by atomic mass is 9.97. The number of hydrogen-bond acceptors (Lipinski definition) is 5. The van der Waals surface area contributed by atoms with Crippen LogP contribution in [-0.2, 0) is 0 Å². The zero-order chi connectivity index (χ0) is 8.43. The van der Waals surface area contributed by atoms with Gasteiger partial charge in [-0.25, -0.2) is 0 Å². The number of rotatable bonds is 1. The Bertz CT molecular complexity index is 130. The fourth-order valence-electron chi connectivity index (χ4n) is 1.15. The SMILES string of the molecule is OC[C@H]1NC[C@@H](O)[C@H](O)[C@@H]1O. The molecule has 11 heavy (non-hydrogen) atoms. The lowest BCUT2D eigenvalue weighted by Gasteiger charge is -2.34. The van der Waals surface area contributed by atoms with Crippen LogP contribution in [0, 0.1) is 0 Å². The summed E-state index contributed by atoms with van der Waals surface area (Å²) in [4.78, 5) is 0. The maximum absolute atomic E-state index is 9.18. The van der Waals surface area contributed by atoms with Gasteiger partial charge in [0, 0.05) is 6.54 Å². The minimum Gasteiger partial charge on any atom is -0.395 e. The Morgan fingerprint density at radius 3 is 2.36 bits per heavy atom. The van der Waals surface area contributed by atoms with Gasteiger partial charge in [-0.15, -0.1) is 0 Å². The monoisotopic (exact) mass is 163 g/mol. The molecule has 5 heteroatoms. The third-order valence-electron chi connectivity index (χ3n) is 1.94. The molecular weight excluding hydrogens is 150 g/mol. The van der Waals surface area contributed by atoms with Crippen LogP contribution in [0.5, 0.6) is 0 Å². The molecule has 5 N–H and O–H groups in total. The summed E-state index contributed by atoms with van der Waals surface area (Å²) in [6.07, 6.45) is -3.20. The van der Waals surface area contributed by atoms with Crippen LogP contribution in [-0.4, -0.2) is 57.9 Å².